The molecule has 1 fully saturated rings. The van der Waals surface area contributed by atoms with E-state index in [4.69, 9.17) is 4.74 Å². The zero-order valence-corrected chi connectivity index (χ0v) is 17.6. The number of benzene rings is 1. The third-order valence-corrected chi connectivity index (χ3v) is 6.34. The highest BCUT2D eigenvalue weighted by atomic mass is 32.2. The summed E-state index contributed by atoms with van der Waals surface area (Å²) in [4.78, 5) is 19.2. The Morgan fingerprint density at radius 2 is 1.83 bits per heavy atom. The topological polar surface area (TPSA) is 88.6 Å². The normalized spacial score (nSPS) is 17.6. The second kappa shape index (κ2) is 9.37. The van der Waals surface area contributed by atoms with Crippen molar-refractivity contribution < 1.29 is 17.9 Å². The van der Waals surface area contributed by atoms with Crippen LogP contribution in [0.4, 0.5) is 0 Å². The van der Waals surface area contributed by atoms with Gasteiger partial charge in [0.2, 0.25) is 11.8 Å². The maximum absolute atomic E-state index is 13.0. The molecule has 1 amide bonds. The van der Waals surface area contributed by atoms with Crippen LogP contribution >= 0.6 is 0 Å². The molecule has 29 heavy (non-hydrogen) atoms. The van der Waals surface area contributed by atoms with Gasteiger partial charge in [-0.15, -0.1) is 0 Å². The Morgan fingerprint density at radius 1 is 1.14 bits per heavy atom. The second-order valence-corrected chi connectivity index (χ2v) is 9.69. The minimum absolute atomic E-state index is 0.0491. The molecule has 1 aromatic carbocycles. The summed E-state index contributed by atoms with van der Waals surface area (Å²) in [7, 11) is -3.02. The monoisotopic (exact) mass is 417 g/mol. The fraction of sp³-hybridized carbons (Fsp3) is 0.429. The molecule has 1 unspecified atom stereocenters. The third-order valence-electron chi connectivity index (χ3n) is 4.73. The Kier molecular flexibility index (Phi) is 6.87. The van der Waals surface area contributed by atoms with Gasteiger partial charge >= 0.3 is 0 Å². The van der Waals surface area contributed by atoms with Gasteiger partial charge in [0.25, 0.3) is 0 Å². The van der Waals surface area contributed by atoms with Gasteiger partial charge in [-0.3, -0.25) is 9.69 Å². The van der Waals surface area contributed by atoms with Crippen molar-refractivity contribution >= 4 is 15.7 Å². The molecule has 2 aromatic rings. The standard InChI is InChI=1S/C21H27N3O4S/c1-16(2)28-19-9-8-17(14-22-19)15-23-21(25)20(18-6-4-3-5-7-18)24-10-12-29(26,27)13-11-24/h3-9,14,16,20H,10-13,15H2,1-2H3,(H,23,25). The summed E-state index contributed by atoms with van der Waals surface area (Å²) in [5, 5.41) is 2.96. The number of amides is 1. The predicted octanol–water partition coefficient (Wildman–Crippen LogP) is 1.96. The lowest BCUT2D eigenvalue weighted by atomic mass is 10.0. The summed E-state index contributed by atoms with van der Waals surface area (Å²) >= 11 is 0. The van der Waals surface area contributed by atoms with E-state index in [1.54, 1.807) is 12.3 Å². The minimum Gasteiger partial charge on any atom is -0.475 e. The Bertz CT molecular complexity index is 901. The maximum Gasteiger partial charge on any atom is 0.242 e. The molecule has 0 aliphatic carbocycles. The van der Waals surface area contributed by atoms with E-state index in [9.17, 15) is 13.2 Å². The van der Waals surface area contributed by atoms with E-state index in [2.05, 4.69) is 10.3 Å². The van der Waals surface area contributed by atoms with E-state index in [1.165, 1.54) is 0 Å². The highest BCUT2D eigenvalue weighted by Crippen LogP contribution is 2.23. The van der Waals surface area contributed by atoms with E-state index in [0.717, 1.165) is 11.1 Å². The van der Waals surface area contributed by atoms with E-state index in [-0.39, 0.29) is 23.5 Å². The van der Waals surface area contributed by atoms with Crippen molar-refractivity contribution in [2.75, 3.05) is 24.6 Å². The van der Waals surface area contributed by atoms with Crippen molar-refractivity contribution in [2.24, 2.45) is 0 Å². The van der Waals surface area contributed by atoms with Crippen LogP contribution < -0.4 is 10.1 Å². The molecule has 1 saturated heterocycles. The number of carbonyl (C=O) groups excluding carboxylic acids is 1. The van der Waals surface area contributed by atoms with Gasteiger partial charge in [0, 0.05) is 31.9 Å². The van der Waals surface area contributed by atoms with E-state index in [1.807, 2.05) is 55.1 Å². The SMILES string of the molecule is CC(C)Oc1ccc(CNC(=O)C(c2ccccc2)N2CCS(=O)(=O)CC2)cn1. The first-order valence-electron chi connectivity index (χ1n) is 9.73. The van der Waals surface area contributed by atoms with Crippen molar-refractivity contribution in [2.45, 2.75) is 32.5 Å². The van der Waals surface area contributed by atoms with Crippen molar-refractivity contribution in [1.82, 2.24) is 15.2 Å². The van der Waals surface area contributed by atoms with E-state index >= 15 is 0 Å². The number of ether oxygens (including phenoxy) is 1. The smallest absolute Gasteiger partial charge is 0.242 e. The minimum atomic E-state index is -3.02. The van der Waals surface area contributed by atoms with Crippen molar-refractivity contribution in [1.29, 1.82) is 0 Å². The van der Waals surface area contributed by atoms with Crippen molar-refractivity contribution in [3.63, 3.8) is 0 Å². The number of carbonyl (C=O) groups is 1. The van der Waals surface area contributed by atoms with Gasteiger partial charge in [-0.05, 0) is 25.0 Å². The fourth-order valence-corrected chi connectivity index (χ4v) is 4.49. The average Bonchev–Trinajstić information content (AvgIpc) is 2.69. The van der Waals surface area contributed by atoms with Crippen molar-refractivity contribution in [3.8, 4) is 5.88 Å². The molecular weight excluding hydrogens is 390 g/mol. The summed E-state index contributed by atoms with van der Waals surface area (Å²) in [5.74, 6) is 0.542. The van der Waals surface area contributed by atoms with Crippen LogP contribution in [0.1, 0.15) is 31.0 Å². The lowest BCUT2D eigenvalue weighted by Crippen LogP contribution is -2.47. The van der Waals surface area contributed by atoms with Gasteiger partial charge in [-0.25, -0.2) is 13.4 Å². The Morgan fingerprint density at radius 3 is 2.41 bits per heavy atom. The molecule has 7 nitrogen and oxygen atoms in total. The lowest BCUT2D eigenvalue weighted by Gasteiger charge is -2.33. The van der Waals surface area contributed by atoms with Crippen LogP contribution in [-0.4, -0.2) is 54.9 Å². The highest BCUT2D eigenvalue weighted by Gasteiger charge is 2.32. The summed E-state index contributed by atoms with van der Waals surface area (Å²) in [6.45, 7) is 4.90. The predicted molar refractivity (Wildman–Crippen MR) is 111 cm³/mol. The molecule has 8 heteroatoms. The van der Waals surface area contributed by atoms with E-state index in [0.29, 0.717) is 25.5 Å². The van der Waals surface area contributed by atoms with Gasteiger partial charge in [0.1, 0.15) is 6.04 Å². The first-order chi connectivity index (χ1) is 13.8. The average molecular weight is 418 g/mol. The molecular formula is C21H27N3O4S. The maximum atomic E-state index is 13.0. The molecule has 2 heterocycles. The van der Waals surface area contributed by atoms with Gasteiger partial charge in [0.05, 0.1) is 17.6 Å². The largest absolute Gasteiger partial charge is 0.475 e. The summed E-state index contributed by atoms with van der Waals surface area (Å²) < 4.78 is 29.1. The first kappa shape index (κ1) is 21.3. The van der Waals surface area contributed by atoms with Crippen molar-refractivity contribution in [3.05, 3.63) is 59.8 Å². The fourth-order valence-electron chi connectivity index (χ4n) is 3.26. The van der Waals surface area contributed by atoms with Crippen LogP contribution in [0.25, 0.3) is 0 Å². The molecule has 1 aliphatic heterocycles. The van der Waals surface area contributed by atoms with Gasteiger partial charge in [0.15, 0.2) is 9.84 Å². The molecule has 1 N–H and O–H groups in total. The zero-order valence-electron chi connectivity index (χ0n) is 16.7. The number of rotatable bonds is 7. The zero-order chi connectivity index (χ0) is 20.9. The quantitative estimate of drug-likeness (QED) is 0.741. The highest BCUT2D eigenvalue weighted by molar-refractivity contribution is 7.91. The van der Waals surface area contributed by atoms with Crippen LogP contribution in [0.5, 0.6) is 5.88 Å². The molecule has 1 atom stereocenters. The Balaban J connectivity index is 1.68. The summed E-state index contributed by atoms with van der Waals surface area (Å²) in [6, 6.07) is 12.6. The lowest BCUT2D eigenvalue weighted by molar-refractivity contribution is -0.126. The Hall–Kier alpha value is -2.45. The number of nitrogens with zero attached hydrogens (tertiary/aromatic N) is 2. The van der Waals surface area contributed by atoms with Crippen LogP contribution in [0, 0.1) is 0 Å². The summed E-state index contributed by atoms with van der Waals surface area (Å²) in [6.07, 6.45) is 1.73. The second-order valence-electron chi connectivity index (χ2n) is 7.39. The number of pyridine rings is 1. The van der Waals surface area contributed by atoms with Crippen LogP contribution in [0.3, 0.4) is 0 Å². The summed E-state index contributed by atoms with van der Waals surface area (Å²) in [5.41, 5.74) is 1.71. The molecule has 0 saturated carbocycles. The molecule has 0 spiro atoms. The number of hydrogen-bond acceptors (Lipinski definition) is 6. The van der Waals surface area contributed by atoms with Crippen LogP contribution in [0.2, 0.25) is 0 Å². The van der Waals surface area contributed by atoms with Gasteiger partial charge < -0.3 is 10.1 Å². The number of hydrogen-bond donors (Lipinski definition) is 1. The van der Waals surface area contributed by atoms with Gasteiger partial charge in [-0.1, -0.05) is 36.4 Å². The van der Waals surface area contributed by atoms with E-state index < -0.39 is 15.9 Å². The third kappa shape index (κ3) is 6.01. The molecule has 1 aromatic heterocycles. The number of nitrogens with one attached hydrogen (secondary N) is 1. The van der Waals surface area contributed by atoms with Crippen LogP contribution in [0.15, 0.2) is 48.7 Å². The first-order valence-corrected chi connectivity index (χ1v) is 11.5. The molecule has 1 aliphatic rings. The molecule has 156 valence electrons. The Labute approximate surface area is 172 Å². The number of sulfone groups is 1. The van der Waals surface area contributed by atoms with Gasteiger partial charge in [-0.2, -0.15) is 0 Å². The van der Waals surface area contributed by atoms with Crippen LogP contribution in [-0.2, 0) is 21.2 Å². The molecule has 0 bridgehead atoms. The molecule has 3 rings (SSSR count). The molecule has 0 radical (unpaired) electrons. The number of aromatic nitrogens is 1.